The molecule has 3 aromatic rings. The van der Waals surface area contributed by atoms with Crippen LogP contribution in [0.4, 0.5) is 4.79 Å². The number of thioether (sulfide) groups is 1. The van der Waals surface area contributed by atoms with E-state index in [1.54, 1.807) is 0 Å². The molecule has 0 spiro atoms. The fourth-order valence-electron chi connectivity index (χ4n) is 6.72. The Hall–Kier alpha value is -3.49. The van der Waals surface area contributed by atoms with E-state index in [0.29, 0.717) is 25.7 Å². The lowest BCUT2D eigenvalue weighted by Gasteiger charge is -2.41. The molecule has 3 heterocycles. The normalized spacial score (nSPS) is 23.3. The molecule has 232 valence electrons. The second-order valence-electron chi connectivity index (χ2n) is 12.6. The van der Waals surface area contributed by atoms with Crippen LogP contribution in [0.3, 0.4) is 0 Å². The number of carbonyl (C=O) groups is 2. The Labute approximate surface area is 264 Å². The van der Waals surface area contributed by atoms with E-state index in [0.717, 1.165) is 78.9 Å². The van der Waals surface area contributed by atoms with Crippen molar-refractivity contribution in [1.29, 1.82) is 0 Å². The van der Waals surface area contributed by atoms with Crippen molar-refractivity contribution in [3.05, 3.63) is 88.0 Å². The molecule has 3 atom stereocenters. The van der Waals surface area contributed by atoms with Crippen LogP contribution in [0.25, 0.3) is 0 Å². The number of rotatable bonds is 10. The molecule has 0 radical (unpaired) electrons. The maximum absolute atomic E-state index is 11.9. The van der Waals surface area contributed by atoms with Gasteiger partial charge < -0.3 is 14.2 Å². The molecule has 3 aliphatic heterocycles. The Bertz CT molecular complexity index is 1530. The smallest absolute Gasteiger partial charge is 0.286 e. The number of hydrogen-bond donors (Lipinski definition) is 1. The summed E-state index contributed by atoms with van der Waals surface area (Å²) in [6, 6.07) is 18.5. The molecule has 0 bridgehead atoms. The Morgan fingerprint density at radius 1 is 0.977 bits per heavy atom. The minimum absolute atomic E-state index is 0.209. The summed E-state index contributed by atoms with van der Waals surface area (Å²) in [4.78, 5) is 25.9. The number of nitrogens with zero attached hydrogens (tertiary/aromatic N) is 1. The number of carbonyl (C=O) groups excluding carboxylic acids is 2. The first-order chi connectivity index (χ1) is 21.2. The minimum atomic E-state index is -0.358. The van der Waals surface area contributed by atoms with Crippen LogP contribution < -0.4 is 19.5 Å². The fourth-order valence-corrected chi connectivity index (χ4v) is 7.58. The summed E-state index contributed by atoms with van der Waals surface area (Å²) < 4.78 is 19.5. The molecule has 2 saturated heterocycles. The maximum Gasteiger partial charge on any atom is 0.286 e. The highest BCUT2D eigenvalue weighted by Crippen LogP contribution is 2.44. The van der Waals surface area contributed by atoms with Crippen molar-refractivity contribution < 1.29 is 23.8 Å². The molecule has 44 heavy (non-hydrogen) atoms. The largest absolute Gasteiger partial charge is 0.492 e. The van der Waals surface area contributed by atoms with Crippen molar-refractivity contribution >= 4 is 22.9 Å². The molecule has 0 aliphatic carbocycles. The highest BCUT2D eigenvalue weighted by atomic mass is 32.2. The predicted molar refractivity (Wildman–Crippen MR) is 174 cm³/mol. The monoisotopic (exact) mass is 614 g/mol. The van der Waals surface area contributed by atoms with E-state index in [1.807, 2.05) is 42.5 Å². The minimum Gasteiger partial charge on any atom is -0.492 e. The number of nitrogens with one attached hydrogen (secondary N) is 1. The van der Waals surface area contributed by atoms with Gasteiger partial charge in [-0.25, -0.2) is 0 Å². The van der Waals surface area contributed by atoms with Gasteiger partial charge in [0.05, 0.1) is 5.25 Å². The third kappa shape index (κ3) is 6.61. The molecule has 3 aromatic carbocycles. The maximum atomic E-state index is 11.9. The van der Waals surface area contributed by atoms with Gasteiger partial charge in [-0.1, -0.05) is 54.2 Å². The lowest BCUT2D eigenvalue weighted by molar-refractivity contribution is -0.118. The summed E-state index contributed by atoms with van der Waals surface area (Å²) >= 11 is 1.06. The highest BCUT2D eigenvalue weighted by Gasteiger charge is 2.39. The first-order valence-electron chi connectivity index (χ1n) is 15.6. The van der Waals surface area contributed by atoms with Gasteiger partial charge in [0.25, 0.3) is 5.24 Å². The van der Waals surface area contributed by atoms with E-state index in [4.69, 9.17) is 14.2 Å². The number of imide groups is 1. The third-order valence-electron chi connectivity index (χ3n) is 9.38. The molecule has 1 N–H and O–H groups in total. The topological polar surface area (TPSA) is 77.1 Å². The Kier molecular flexibility index (Phi) is 8.92. The SMILES string of the molecule is Cc1c(C)c2c(c(C)c1OCc1ccccc1)CC[C@@](C)(CN1CCC[C@H]1COc1ccc(CC3SC(=O)NC3=O)cc1)O2. The molecule has 2 amide bonds. The number of amides is 2. The van der Waals surface area contributed by atoms with Crippen LogP contribution >= 0.6 is 11.8 Å². The number of hydrogen-bond acceptors (Lipinski definition) is 7. The zero-order valence-corrected chi connectivity index (χ0v) is 26.9. The average Bonchev–Trinajstić information content (AvgIpc) is 3.59. The van der Waals surface area contributed by atoms with Gasteiger partial charge in [0, 0.05) is 18.2 Å². The highest BCUT2D eigenvalue weighted by molar-refractivity contribution is 8.15. The second-order valence-corrected chi connectivity index (χ2v) is 13.8. The Morgan fingerprint density at radius 3 is 2.48 bits per heavy atom. The molecule has 2 fully saturated rings. The van der Waals surface area contributed by atoms with Crippen LogP contribution in [-0.2, 0) is 24.2 Å². The standard InChI is InChI=1S/C36H42N2O5S/c1-23-24(2)33-30(25(3)32(23)42-20-27-9-6-5-7-10-27)16-17-36(4,43-33)22-38-18-8-11-28(38)21-41-29-14-12-26(13-15-29)19-31-34(39)37-35(40)44-31/h5-7,9-10,12-15,28,31H,8,11,16-22H2,1-4H3,(H,37,39,40)/t28-,31?,36-/m0/s1. The van der Waals surface area contributed by atoms with E-state index in [1.165, 1.54) is 22.3 Å². The quantitative estimate of drug-likeness (QED) is 0.272. The summed E-state index contributed by atoms with van der Waals surface area (Å²) in [6.07, 6.45) is 4.71. The van der Waals surface area contributed by atoms with Crippen LogP contribution in [0.2, 0.25) is 0 Å². The second kappa shape index (κ2) is 12.9. The molecule has 8 heteroatoms. The third-order valence-corrected chi connectivity index (χ3v) is 10.4. The first-order valence-corrected chi connectivity index (χ1v) is 16.5. The van der Waals surface area contributed by atoms with Gasteiger partial charge in [-0.3, -0.25) is 19.8 Å². The van der Waals surface area contributed by atoms with Gasteiger partial charge in [-0.2, -0.15) is 0 Å². The summed E-state index contributed by atoms with van der Waals surface area (Å²) in [5, 5.41) is 1.73. The van der Waals surface area contributed by atoms with Gasteiger partial charge >= 0.3 is 0 Å². The predicted octanol–water partition coefficient (Wildman–Crippen LogP) is 6.71. The summed E-state index contributed by atoms with van der Waals surface area (Å²) in [5.41, 5.74) is 6.69. The van der Waals surface area contributed by atoms with Gasteiger partial charge in [-0.15, -0.1) is 0 Å². The van der Waals surface area contributed by atoms with Crippen LogP contribution in [0, 0.1) is 20.8 Å². The van der Waals surface area contributed by atoms with E-state index in [-0.39, 0.29) is 22.0 Å². The zero-order chi connectivity index (χ0) is 30.8. The van der Waals surface area contributed by atoms with Gasteiger partial charge in [-0.05, 0) is 106 Å². The first kappa shape index (κ1) is 30.5. The zero-order valence-electron chi connectivity index (χ0n) is 26.1. The molecular formula is C36H42N2O5S. The summed E-state index contributed by atoms with van der Waals surface area (Å²) in [6.45, 7) is 11.8. The molecule has 0 saturated carbocycles. The van der Waals surface area contributed by atoms with Crippen molar-refractivity contribution in [2.24, 2.45) is 0 Å². The van der Waals surface area contributed by atoms with Crippen LogP contribution in [-0.4, -0.2) is 52.6 Å². The van der Waals surface area contributed by atoms with Gasteiger partial charge in [0.2, 0.25) is 5.91 Å². The number of likely N-dealkylation sites (tertiary alicyclic amines) is 1. The fraction of sp³-hybridized carbons (Fsp3) is 0.444. The van der Waals surface area contributed by atoms with Crippen molar-refractivity contribution in [1.82, 2.24) is 10.2 Å². The van der Waals surface area contributed by atoms with E-state index < -0.39 is 0 Å². The lowest BCUT2D eigenvalue weighted by Crippen LogP contribution is -2.50. The molecular weight excluding hydrogens is 572 g/mol. The summed E-state index contributed by atoms with van der Waals surface area (Å²) in [5.74, 6) is 2.63. The molecule has 3 aliphatic rings. The van der Waals surface area contributed by atoms with Crippen molar-refractivity contribution in [2.45, 2.75) is 83.3 Å². The van der Waals surface area contributed by atoms with Crippen molar-refractivity contribution in [3.63, 3.8) is 0 Å². The summed E-state index contributed by atoms with van der Waals surface area (Å²) in [7, 11) is 0. The van der Waals surface area contributed by atoms with Crippen LogP contribution in [0.5, 0.6) is 17.2 Å². The van der Waals surface area contributed by atoms with Crippen molar-refractivity contribution in [3.8, 4) is 17.2 Å². The lowest BCUT2D eigenvalue weighted by atomic mass is 9.86. The molecule has 0 aromatic heterocycles. The van der Waals surface area contributed by atoms with Gasteiger partial charge in [0.1, 0.15) is 36.1 Å². The van der Waals surface area contributed by atoms with Crippen LogP contribution in [0.15, 0.2) is 54.6 Å². The van der Waals surface area contributed by atoms with E-state index >= 15 is 0 Å². The molecule has 1 unspecified atom stereocenters. The average molecular weight is 615 g/mol. The molecule has 7 nitrogen and oxygen atoms in total. The van der Waals surface area contributed by atoms with Crippen molar-refractivity contribution in [2.75, 3.05) is 19.7 Å². The number of fused-ring (bicyclic) bond motifs is 1. The van der Waals surface area contributed by atoms with Crippen LogP contribution in [0.1, 0.15) is 59.6 Å². The Balaban J connectivity index is 1.06. The molecule has 6 rings (SSSR count). The number of benzene rings is 3. The van der Waals surface area contributed by atoms with Gasteiger partial charge in [0.15, 0.2) is 0 Å². The van der Waals surface area contributed by atoms with E-state index in [2.05, 4.69) is 50.0 Å². The Morgan fingerprint density at radius 2 is 1.75 bits per heavy atom. The van der Waals surface area contributed by atoms with E-state index in [9.17, 15) is 9.59 Å². The number of ether oxygens (including phenoxy) is 3.